The molecule has 0 radical (unpaired) electrons. The van der Waals surface area contributed by atoms with Gasteiger partial charge >= 0.3 is 0 Å². The Labute approximate surface area is 347 Å². The zero-order valence-electron chi connectivity index (χ0n) is 33.6. The van der Waals surface area contributed by atoms with Crippen LogP contribution in [0.1, 0.15) is 60.1 Å². The van der Waals surface area contributed by atoms with Crippen molar-refractivity contribution in [2.75, 3.05) is 4.90 Å². The Morgan fingerprint density at radius 2 is 0.831 bits per heavy atom. The molecule has 11 rings (SSSR count). The lowest BCUT2D eigenvalue weighted by molar-refractivity contribution is 0.490. The minimum absolute atomic E-state index is 0.0517. The summed E-state index contributed by atoms with van der Waals surface area (Å²) in [5.41, 5.74) is 18.6. The molecule has 0 bridgehead atoms. The molecule has 0 N–H and O–H groups in total. The van der Waals surface area contributed by atoms with E-state index in [0.29, 0.717) is 0 Å². The summed E-state index contributed by atoms with van der Waals surface area (Å²) in [7, 11) is 0. The average Bonchev–Trinajstić information content (AvgIpc) is 3.76. The number of benzene rings is 9. The van der Waals surface area contributed by atoms with Crippen molar-refractivity contribution in [2.45, 2.75) is 37.5 Å². The minimum atomic E-state index is -0.545. The van der Waals surface area contributed by atoms with Gasteiger partial charge in [0.15, 0.2) is 0 Å². The van der Waals surface area contributed by atoms with Crippen molar-refractivity contribution in [3.63, 3.8) is 0 Å². The molecule has 0 aliphatic heterocycles. The van der Waals surface area contributed by atoms with Crippen LogP contribution in [0.25, 0.3) is 44.2 Å². The van der Waals surface area contributed by atoms with E-state index in [9.17, 15) is 0 Å². The molecule has 0 aromatic heterocycles. The fourth-order valence-corrected chi connectivity index (χ4v) is 10.9. The van der Waals surface area contributed by atoms with Gasteiger partial charge < -0.3 is 4.90 Å². The summed E-state index contributed by atoms with van der Waals surface area (Å²) in [6.07, 6.45) is 2.08. The zero-order chi connectivity index (χ0) is 39.6. The number of hydrogen-bond donors (Lipinski definition) is 0. The monoisotopic (exact) mass is 755 g/mol. The van der Waals surface area contributed by atoms with E-state index in [4.69, 9.17) is 0 Å². The predicted molar refractivity (Wildman–Crippen MR) is 248 cm³/mol. The predicted octanol–water partition coefficient (Wildman–Crippen LogP) is 15.4. The maximum absolute atomic E-state index is 2.53. The van der Waals surface area contributed by atoms with Crippen LogP contribution in [-0.4, -0.2) is 0 Å². The molecule has 0 amide bonds. The van der Waals surface area contributed by atoms with Crippen LogP contribution >= 0.6 is 0 Å². The molecule has 0 saturated carbocycles. The summed E-state index contributed by atoms with van der Waals surface area (Å²) in [5, 5.41) is 2.51. The minimum Gasteiger partial charge on any atom is -0.310 e. The Balaban J connectivity index is 1.22. The van der Waals surface area contributed by atoms with Crippen molar-refractivity contribution in [3.8, 4) is 33.4 Å². The molecule has 0 unspecified atom stereocenters. The largest absolute Gasteiger partial charge is 0.310 e. The van der Waals surface area contributed by atoms with E-state index in [1.165, 1.54) is 77.5 Å². The quantitative estimate of drug-likeness (QED) is 0.149. The van der Waals surface area contributed by atoms with Crippen molar-refractivity contribution >= 4 is 27.8 Å². The van der Waals surface area contributed by atoms with Gasteiger partial charge in [-0.2, -0.15) is 0 Å². The lowest BCUT2D eigenvalue weighted by Gasteiger charge is -2.35. The number of fused-ring (bicyclic) bond motifs is 7. The maximum atomic E-state index is 2.53. The van der Waals surface area contributed by atoms with Gasteiger partial charge in [0.2, 0.25) is 0 Å². The third-order valence-corrected chi connectivity index (χ3v) is 13.6. The fraction of sp³-hybridized carbons (Fsp3) is 0.103. The maximum Gasteiger partial charge on any atom is 0.0714 e. The molecule has 0 saturated heterocycles. The number of anilines is 3. The van der Waals surface area contributed by atoms with E-state index < -0.39 is 5.41 Å². The van der Waals surface area contributed by atoms with Crippen molar-refractivity contribution in [3.05, 3.63) is 246 Å². The molecular formula is C58H45N. The standard InChI is InChI=1S/C58H45N/c1-3-57(4-2)52-30-18-16-29-48(52)49-34-32-45(38-53(49)57)59(56-31-19-17-28-47(56)40-20-8-5-9-21-40)46-33-35-50-51-36-41-22-14-15-23-42(41)37-54(51)58(55(50)39-46,43-24-10-6-11-25-43)44-26-12-7-13-27-44/h5-39H,3-4H2,1-2H3. The van der Waals surface area contributed by atoms with Gasteiger partial charge in [-0.3, -0.25) is 0 Å². The highest BCUT2D eigenvalue weighted by molar-refractivity contribution is 5.98. The highest BCUT2D eigenvalue weighted by atomic mass is 15.1. The molecule has 0 spiro atoms. The van der Waals surface area contributed by atoms with Gasteiger partial charge in [-0.15, -0.1) is 0 Å². The average molecular weight is 756 g/mol. The Morgan fingerprint density at radius 3 is 1.47 bits per heavy atom. The Morgan fingerprint density at radius 1 is 0.356 bits per heavy atom. The van der Waals surface area contributed by atoms with E-state index in [2.05, 4.69) is 231 Å². The summed E-state index contributed by atoms with van der Waals surface area (Å²) >= 11 is 0. The lowest BCUT2D eigenvalue weighted by Crippen LogP contribution is -2.28. The van der Waals surface area contributed by atoms with Crippen molar-refractivity contribution in [1.82, 2.24) is 0 Å². The van der Waals surface area contributed by atoms with Gasteiger partial charge in [0.05, 0.1) is 11.1 Å². The highest BCUT2D eigenvalue weighted by Gasteiger charge is 2.47. The molecular weight excluding hydrogens is 711 g/mol. The van der Waals surface area contributed by atoms with E-state index >= 15 is 0 Å². The summed E-state index contributed by atoms with van der Waals surface area (Å²) in [6, 6.07) is 79.4. The molecule has 2 aliphatic carbocycles. The first kappa shape index (κ1) is 35.2. The number of nitrogens with zero attached hydrogens (tertiary/aromatic N) is 1. The molecule has 2 aliphatic rings. The van der Waals surface area contributed by atoms with Crippen LogP contribution in [0.3, 0.4) is 0 Å². The second kappa shape index (κ2) is 13.9. The second-order valence-electron chi connectivity index (χ2n) is 16.2. The normalized spacial score (nSPS) is 14.0. The second-order valence-corrected chi connectivity index (χ2v) is 16.2. The zero-order valence-corrected chi connectivity index (χ0v) is 33.6. The first-order chi connectivity index (χ1) is 29.2. The number of para-hydroxylation sites is 1. The smallest absolute Gasteiger partial charge is 0.0714 e. The van der Waals surface area contributed by atoms with Crippen LogP contribution in [0.5, 0.6) is 0 Å². The molecule has 0 heterocycles. The summed E-state index contributed by atoms with van der Waals surface area (Å²) in [4.78, 5) is 2.53. The van der Waals surface area contributed by atoms with Gasteiger partial charge in [-0.25, -0.2) is 0 Å². The third kappa shape index (κ3) is 5.17. The van der Waals surface area contributed by atoms with Crippen LogP contribution in [-0.2, 0) is 10.8 Å². The third-order valence-electron chi connectivity index (χ3n) is 13.6. The summed E-state index contributed by atoms with van der Waals surface area (Å²) < 4.78 is 0. The van der Waals surface area contributed by atoms with Gasteiger partial charge in [0.25, 0.3) is 0 Å². The van der Waals surface area contributed by atoms with Crippen LogP contribution in [0.15, 0.2) is 212 Å². The van der Waals surface area contributed by atoms with Gasteiger partial charge in [-0.05, 0) is 127 Å². The molecule has 282 valence electrons. The highest BCUT2D eigenvalue weighted by Crippen LogP contribution is 2.59. The Bertz CT molecular complexity index is 2970. The molecule has 1 nitrogen and oxygen atoms in total. The molecule has 59 heavy (non-hydrogen) atoms. The summed E-state index contributed by atoms with van der Waals surface area (Å²) in [6.45, 7) is 4.72. The topological polar surface area (TPSA) is 3.24 Å². The first-order valence-electron chi connectivity index (χ1n) is 21.1. The molecule has 0 atom stereocenters. The van der Waals surface area contributed by atoms with Gasteiger partial charge in [0, 0.05) is 22.4 Å². The fourth-order valence-electron chi connectivity index (χ4n) is 10.9. The number of hydrogen-bond acceptors (Lipinski definition) is 1. The van der Waals surface area contributed by atoms with E-state index in [1.807, 2.05) is 0 Å². The SMILES string of the molecule is CCC1(CC)c2ccccc2-c2ccc(N(c3ccc4c(c3)C(c3ccccc3)(c3ccccc3)c3cc5ccccc5cc3-4)c3ccccc3-c3ccccc3)cc21. The van der Waals surface area contributed by atoms with Gasteiger partial charge in [0.1, 0.15) is 0 Å². The summed E-state index contributed by atoms with van der Waals surface area (Å²) in [5.74, 6) is 0. The van der Waals surface area contributed by atoms with E-state index in [0.717, 1.165) is 29.9 Å². The Kier molecular flexibility index (Phi) is 8.27. The van der Waals surface area contributed by atoms with Crippen molar-refractivity contribution in [2.24, 2.45) is 0 Å². The Hall–Kier alpha value is -6.96. The van der Waals surface area contributed by atoms with Crippen molar-refractivity contribution < 1.29 is 0 Å². The van der Waals surface area contributed by atoms with Crippen LogP contribution in [0, 0.1) is 0 Å². The molecule has 9 aromatic rings. The van der Waals surface area contributed by atoms with Gasteiger partial charge in [-0.1, -0.05) is 184 Å². The van der Waals surface area contributed by atoms with E-state index in [1.54, 1.807) is 0 Å². The number of rotatable bonds is 8. The van der Waals surface area contributed by atoms with Crippen LogP contribution in [0.4, 0.5) is 17.1 Å². The van der Waals surface area contributed by atoms with Crippen molar-refractivity contribution in [1.29, 1.82) is 0 Å². The van der Waals surface area contributed by atoms with Crippen LogP contribution < -0.4 is 4.90 Å². The van der Waals surface area contributed by atoms with Crippen LogP contribution in [0.2, 0.25) is 0 Å². The van der Waals surface area contributed by atoms with E-state index in [-0.39, 0.29) is 5.41 Å². The lowest BCUT2D eigenvalue weighted by atomic mass is 9.67. The molecule has 0 fully saturated rings. The first-order valence-corrected chi connectivity index (χ1v) is 21.1. The molecule has 9 aromatic carbocycles. The molecule has 1 heteroatoms.